The minimum atomic E-state index is 0.333. The van der Waals surface area contributed by atoms with Crippen LogP contribution in [0.4, 0.5) is 0 Å². The largest absolute Gasteiger partial charge is 0.0613 e. The van der Waals surface area contributed by atoms with E-state index in [0.717, 1.165) is 0 Å². The molecule has 13 heavy (non-hydrogen) atoms. The Morgan fingerprint density at radius 2 is 1.77 bits per heavy atom. The molecule has 0 spiro atoms. The van der Waals surface area contributed by atoms with Gasteiger partial charge in [0.05, 0.1) is 0 Å². The number of hydrogen-bond donors (Lipinski definition) is 0. The van der Waals surface area contributed by atoms with Crippen molar-refractivity contribution in [2.24, 2.45) is 11.3 Å². The van der Waals surface area contributed by atoms with Crippen molar-refractivity contribution in [3.8, 4) is 0 Å². The molecule has 0 aromatic heterocycles. The molecule has 0 saturated heterocycles. The summed E-state index contributed by atoms with van der Waals surface area (Å²) in [7, 11) is 0. The fourth-order valence-corrected chi connectivity index (χ4v) is 2.09. The molecule has 0 N–H and O–H groups in total. The maximum absolute atomic E-state index is 2.38. The number of allylic oxidation sites excluding steroid dienone is 4. The van der Waals surface area contributed by atoms with Crippen molar-refractivity contribution in [2.45, 2.75) is 48.0 Å². The van der Waals surface area contributed by atoms with Gasteiger partial charge >= 0.3 is 0 Å². The van der Waals surface area contributed by atoms with Gasteiger partial charge < -0.3 is 0 Å². The molecule has 1 rings (SSSR count). The van der Waals surface area contributed by atoms with Crippen LogP contribution >= 0.6 is 0 Å². The Morgan fingerprint density at radius 3 is 2.08 bits per heavy atom. The third kappa shape index (κ3) is 1.87. The van der Waals surface area contributed by atoms with Gasteiger partial charge in [0.25, 0.3) is 0 Å². The van der Waals surface area contributed by atoms with E-state index in [9.17, 15) is 0 Å². The quantitative estimate of drug-likeness (QED) is 0.590. The Balaban J connectivity index is 2.94. The van der Waals surface area contributed by atoms with E-state index in [2.05, 4.69) is 47.6 Å². The average Bonchev–Trinajstić information content (AvgIpc) is 1.80. The molecule has 0 saturated carbocycles. The zero-order valence-electron chi connectivity index (χ0n) is 9.86. The first-order chi connectivity index (χ1) is 5.88. The van der Waals surface area contributed by atoms with E-state index >= 15 is 0 Å². The van der Waals surface area contributed by atoms with Crippen LogP contribution in [-0.2, 0) is 0 Å². The van der Waals surface area contributed by atoms with Gasteiger partial charge in [0.1, 0.15) is 0 Å². The molecule has 0 aromatic carbocycles. The molecule has 0 nitrogen and oxygen atoms in total. The first kappa shape index (κ1) is 10.6. The van der Waals surface area contributed by atoms with Gasteiger partial charge in [0.15, 0.2) is 0 Å². The second-order valence-electron chi connectivity index (χ2n) is 5.26. The van der Waals surface area contributed by atoms with E-state index in [-0.39, 0.29) is 0 Å². The van der Waals surface area contributed by atoms with Crippen LogP contribution < -0.4 is 0 Å². The fourth-order valence-electron chi connectivity index (χ4n) is 2.09. The summed E-state index contributed by atoms with van der Waals surface area (Å²) in [6.45, 7) is 13.7. The van der Waals surface area contributed by atoms with Crippen LogP contribution in [0.5, 0.6) is 0 Å². The molecule has 0 fully saturated rings. The minimum absolute atomic E-state index is 0.333. The second-order valence-corrected chi connectivity index (χ2v) is 5.26. The highest BCUT2D eigenvalue weighted by Crippen LogP contribution is 2.44. The van der Waals surface area contributed by atoms with E-state index in [1.165, 1.54) is 6.42 Å². The van der Waals surface area contributed by atoms with E-state index in [1.54, 1.807) is 16.7 Å². The monoisotopic (exact) mass is 178 g/mol. The summed E-state index contributed by atoms with van der Waals surface area (Å²) in [6.07, 6.45) is 3.56. The molecule has 0 atom stereocenters. The van der Waals surface area contributed by atoms with Crippen molar-refractivity contribution < 1.29 is 0 Å². The number of hydrogen-bond acceptors (Lipinski definition) is 0. The van der Waals surface area contributed by atoms with Crippen molar-refractivity contribution in [1.29, 1.82) is 0 Å². The first-order valence-electron chi connectivity index (χ1n) is 5.33. The Kier molecular flexibility index (Phi) is 2.70. The predicted octanol–water partition coefficient (Wildman–Crippen LogP) is 4.34. The van der Waals surface area contributed by atoms with Gasteiger partial charge in [0, 0.05) is 0 Å². The summed E-state index contributed by atoms with van der Waals surface area (Å²) in [5.41, 5.74) is 5.09. The lowest BCUT2D eigenvalue weighted by Crippen LogP contribution is -2.21. The van der Waals surface area contributed by atoms with Gasteiger partial charge in [-0.05, 0) is 34.5 Å². The van der Waals surface area contributed by atoms with Gasteiger partial charge in [-0.15, -0.1) is 0 Å². The first-order valence-corrected chi connectivity index (χ1v) is 5.33. The van der Waals surface area contributed by atoms with E-state index < -0.39 is 0 Å². The highest BCUT2D eigenvalue weighted by atomic mass is 14.3. The van der Waals surface area contributed by atoms with Crippen LogP contribution in [0, 0.1) is 11.3 Å². The molecule has 0 aromatic rings. The van der Waals surface area contributed by atoms with Crippen LogP contribution in [0.3, 0.4) is 0 Å². The highest BCUT2D eigenvalue weighted by molar-refractivity contribution is 5.55. The van der Waals surface area contributed by atoms with E-state index in [4.69, 9.17) is 0 Å². The van der Waals surface area contributed by atoms with Gasteiger partial charge in [-0.3, -0.25) is 0 Å². The van der Waals surface area contributed by atoms with Gasteiger partial charge in [0.2, 0.25) is 0 Å². The topological polar surface area (TPSA) is 0 Å². The SMILES string of the molecule is CCC1=CC(C(C)C)=C1C(C)(C)C. The van der Waals surface area contributed by atoms with Crippen LogP contribution in [0.2, 0.25) is 0 Å². The smallest absolute Gasteiger partial charge is 0.0126 e. The third-order valence-electron chi connectivity index (χ3n) is 2.69. The molecule has 0 radical (unpaired) electrons. The summed E-state index contributed by atoms with van der Waals surface area (Å²) < 4.78 is 0. The van der Waals surface area contributed by atoms with Crippen molar-refractivity contribution in [3.05, 3.63) is 22.8 Å². The summed E-state index contributed by atoms with van der Waals surface area (Å²) >= 11 is 0. The molecule has 0 heteroatoms. The molecule has 0 bridgehead atoms. The lowest BCUT2D eigenvalue weighted by molar-refractivity contribution is 0.487. The molecular formula is C13H22. The Labute approximate surface area is 82.7 Å². The van der Waals surface area contributed by atoms with Crippen LogP contribution in [0.25, 0.3) is 0 Å². The average molecular weight is 178 g/mol. The lowest BCUT2D eigenvalue weighted by atomic mass is 9.69. The van der Waals surface area contributed by atoms with Crippen molar-refractivity contribution >= 4 is 0 Å². The Morgan fingerprint density at radius 1 is 1.23 bits per heavy atom. The van der Waals surface area contributed by atoms with Crippen LogP contribution in [0.1, 0.15) is 48.0 Å². The third-order valence-corrected chi connectivity index (χ3v) is 2.69. The predicted molar refractivity (Wildman–Crippen MR) is 59.7 cm³/mol. The molecule has 1 aliphatic carbocycles. The summed E-state index contributed by atoms with van der Waals surface area (Å²) in [5, 5.41) is 0. The van der Waals surface area contributed by atoms with Crippen molar-refractivity contribution in [1.82, 2.24) is 0 Å². The normalized spacial score (nSPS) is 17.6. The van der Waals surface area contributed by atoms with Gasteiger partial charge in [-0.25, -0.2) is 0 Å². The van der Waals surface area contributed by atoms with Crippen LogP contribution in [-0.4, -0.2) is 0 Å². The van der Waals surface area contributed by atoms with E-state index in [0.29, 0.717) is 11.3 Å². The lowest BCUT2D eigenvalue weighted by Gasteiger charge is -2.35. The molecule has 1 aliphatic rings. The fraction of sp³-hybridized carbons (Fsp3) is 0.692. The van der Waals surface area contributed by atoms with E-state index in [1.807, 2.05) is 0 Å². The molecule has 0 unspecified atom stereocenters. The molecule has 74 valence electrons. The maximum atomic E-state index is 2.38. The Hall–Kier alpha value is -0.520. The zero-order chi connectivity index (χ0) is 10.2. The molecule has 0 amide bonds. The summed E-state index contributed by atoms with van der Waals surface area (Å²) in [6, 6.07) is 0. The standard InChI is InChI=1S/C13H22/c1-7-10-8-11(9(2)3)12(10)13(4,5)6/h8-9H,7H2,1-6H3. The molecule has 0 heterocycles. The maximum Gasteiger partial charge on any atom is -0.0126 e. The highest BCUT2D eigenvalue weighted by Gasteiger charge is 2.29. The number of rotatable bonds is 2. The summed E-state index contributed by atoms with van der Waals surface area (Å²) in [5.74, 6) is 0.685. The second kappa shape index (κ2) is 3.32. The van der Waals surface area contributed by atoms with Gasteiger partial charge in [-0.1, -0.05) is 47.6 Å². The minimum Gasteiger partial charge on any atom is -0.0613 e. The van der Waals surface area contributed by atoms with Crippen LogP contribution in [0.15, 0.2) is 22.8 Å². The molecular weight excluding hydrogens is 156 g/mol. The summed E-state index contributed by atoms with van der Waals surface area (Å²) in [4.78, 5) is 0. The van der Waals surface area contributed by atoms with Crippen molar-refractivity contribution in [2.75, 3.05) is 0 Å². The molecule has 0 aliphatic heterocycles. The van der Waals surface area contributed by atoms with Gasteiger partial charge in [-0.2, -0.15) is 0 Å². The van der Waals surface area contributed by atoms with Crippen molar-refractivity contribution in [3.63, 3.8) is 0 Å². The zero-order valence-corrected chi connectivity index (χ0v) is 9.86. The Bertz CT molecular complexity index is 256.